The Labute approximate surface area is 147 Å². The molecule has 1 aromatic carbocycles. The van der Waals surface area contributed by atoms with Gasteiger partial charge in [0, 0.05) is 20.2 Å². The lowest BCUT2D eigenvalue weighted by molar-refractivity contribution is 0.101. The van der Waals surface area contributed by atoms with Crippen molar-refractivity contribution in [3.8, 4) is 0 Å². The number of nitrogens with one attached hydrogen (secondary N) is 1. The first-order valence-electron chi connectivity index (χ1n) is 7.73. The van der Waals surface area contributed by atoms with E-state index in [0.29, 0.717) is 12.6 Å². The number of anilines is 1. The first-order chi connectivity index (χ1) is 11.3. The maximum absolute atomic E-state index is 12.2. The fourth-order valence-corrected chi connectivity index (χ4v) is 3.22. The molecule has 1 aliphatic heterocycles. The van der Waals surface area contributed by atoms with E-state index in [4.69, 9.17) is 21.5 Å². The lowest BCUT2D eigenvalue weighted by atomic mass is 10.1. The molecule has 0 bridgehead atoms. The molecule has 134 valence electrons. The number of hydrogen-bond donors (Lipinski definition) is 2. The van der Waals surface area contributed by atoms with Crippen LogP contribution < -0.4 is 10.5 Å². The van der Waals surface area contributed by atoms with Crippen LogP contribution in [0.3, 0.4) is 0 Å². The Hall–Kier alpha value is -1.35. The minimum atomic E-state index is -3.86. The third-order valence-corrected chi connectivity index (χ3v) is 5.14. The maximum Gasteiger partial charge on any atom is 0.321 e. The van der Waals surface area contributed by atoms with E-state index in [1.54, 1.807) is 7.05 Å². The molecule has 0 unspecified atom stereocenters. The summed E-state index contributed by atoms with van der Waals surface area (Å²) in [6.07, 6.45) is 4.22. The van der Waals surface area contributed by atoms with E-state index >= 15 is 0 Å². The zero-order chi connectivity index (χ0) is 17.7. The highest BCUT2D eigenvalue weighted by molar-refractivity contribution is 7.89. The average molecular weight is 376 g/mol. The van der Waals surface area contributed by atoms with Crippen LogP contribution in [0, 0.1) is 0 Å². The minimum absolute atomic E-state index is 0.108. The van der Waals surface area contributed by atoms with Crippen molar-refractivity contribution in [3.05, 3.63) is 23.2 Å². The summed E-state index contributed by atoms with van der Waals surface area (Å²) in [6.45, 7) is 1.39. The Morgan fingerprint density at radius 2 is 2.25 bits per heavy atom. The third kappa shape index (κ3) is 5.34. The number of nitrogens with zero attached hydrogens (tertiary/aromatic N) is 1. The minimum Gasteiger partial charge on any atom is -0.378 e. The summed E-state index contributed by atoms with van der Waals surface area (Å²) < 4.78 is 28.3. The molecular formula is C15H22ClN3O4S. The number of amides is 2. The lowest BCUT2D eigenvalue weighted by Gasteiger charge is -2.19. The number of halogens is 1. The molecule has 9 heteroatoms. The van der Waals surface area contributed by atoms with E-state index in [2.05, 4.69) is 5.32 Å². The standard InChI is InChI=1S/C15H22ClN3O4S/c1-19(8-2-4-11-5-3-9-23-11)15(20)18-14-10-12(24(17,21)22)6-7-13(14)16/h6-7,10-11H,2-5,8-9H2,1H3,(H,18,20)(H2,17,21,22)/t11-/m1/s1. The summed E-state index contributed by atoms with van der Waals surface area (Å²) in [5, 5.41) is 7.93. The quantitative estimate of drug-likeness (QED) is 0.796. The van der Waals surface area contributed by atoms with Gasteiger partial charge in [0.05, 0.1) is 21.7 Å². The number of carbonyl (C=O) groups excluding carboxylic acids is 1. The Morgan fingerprint density at radius 3 is 2.88 bits per heavy atom. The topological polar surface area (TPSA) is 102 Å². The van der Waals surface area contributed by atoms with Crippen LogP contribution in [0.25, 0.3) is 0 Å². The van der Waals surface area contributed by atoms with Gasteiger partial charge in [0.2, 0.25) is 10.0 Å². The molecule has 0 saturated carbocycles. The molecule has 1 aliphatic rings. The first-order valence-corrected chi connectivity index (χ1v) is 9.66. The summed E-state index contributed by atoms with van der Waals surface area (Å²) in [5.41, 5.74) is 0.208. The number of sulfonamides is 1. The van der Waals surface area contributed by atoms with Crippen molar-refractivity contribution >= 4 is 33.3 Å². The zero-order valence-electron chi connectivity index (χ0n) is 13.5. The van der Waals surface area contributed by atoms with Crippen LogP contribution >= 0.6 is 11.6 Å². The first kappa shape index (κ1) is 19.0. The molecule has 1 saturated heterocycles. The van der Waals surface area contributed by atoms with Crippen molar-refractivity contribution < 1.29 is 17.9 Å². The maximum atomic E-state index is 12.2. The van der Waals surface area contributed by atoms with Crippen LogP contribution in [0.4, 0.5) is 10.5 Å². The molecule has 1 heterocycles. The SMILES string of the molecule is CN(CCC[C@@H]1CCCO1)C(=O)Nc1cc(S(N)(=O)=O)ccc1Cl. The second kappa shape index (κ2) is 8.15. The summed E-state index contributed by atoms with van der Waals surface area (Å²) in [5.74, 6) is 0. The molecule has 0 aromatic heterocycles. The number of nitrogens with two attached hydrogens (primary N) is 1. The Balaban J connectivity index is 1.90. The van der Waals surface area contributed by atoms with Gasteiger partial charge in [-0.25, -0.2) is 18.4 Å². The van der Waals surface area contributed by atoms with Gasteiger partial charge in [-0.2, -0.15) is 0 Å². The zero-order valence-corrected chi connectivity index (χ0v) is 15.1. The van der Waals surface area contributed by atoms with Gasteiger partial charge in [-0.1, -0.05) is 11.6 Å². The van der Waals surface area contributed by atoms with Gasteiger partial charge in [0.1, 0.15) is 0 Å². The normalized spacial score (nSPS) is 17.7. The monoisotopic (exact) mass is 375 g/mol. The molecular weight excluding hydrogens is 354 g/mol. The predicted molar refractivity (Wildman–Crippen MR) is 92.7 cm³/mol. The molecule has 1 fully saturated rings. The highest BCUT2D eigenvalue weighted by Gasteiger charge is 2.17. The molecule has 0 radical (unpaired) electrons. The van der Waals surface area contributed by atoms with Crippen molar-refractivity contribution in [2.75, 3.05) is 25.5 Å². The second-order valence-electron chi connectivity index (χ2n) is 5.82. The van der Waals surface area contributed by atoms with Gasteiger partial charge in [0.25, 0.3) is 0 Å². The molecule has 7 nitrogen and oxygen atoms in total. The van der Waals surface area contributed by atoms with Gasteiger partial charge < -0.3 is 15.0 Å². The largest absolute Gasteiger partial charge is 0.378 e. The fraction of sp³-hybridized carbons (Fsp3) is 0.533. The van der Waals surface area contributed by atoms with Gasteiger partial charge in [0.15, 0.2) is 0 Å². The predicted octanol–water partition coefficient (Wildman–Crippen LogP) is 2.41. The van der Waals surface area contributed by atoms with E-state index in [9.17, 15) is 13.2 Å². The Kier molecular flexibility index (Phi) is 6.45. The summed E-state index contributed by atoms with van der Waals surface area (Å²) in [4.78, 5) is 13.6. The summed E-state index contributed by atoms with van der Waals surface area (Å²) in [6, 6.07) is 3.55. The summed E-state index contributed by atoms with van der Waals surface area (Å²) >= 11 is 6.00. The van der Waals surface area contributed by atoms with Crippen molar-refractivity contribution in [1.82, 2.24) is 4.90 Å². The van der Waals surface area contributed by atoms with Crippen molar-refractivity contribution in [1.29, 1.82) is 0 Å². The number of primary sulfonamides is 1. The van der Waals surface area contributed by atoms with Crippen LogP contribution in [0.2, 0.25) is 5.02 Å². The van der Waals surface area contributed by atoms with E-state index in [0.717, 1.165) is 32.3 Å². The molecule has 2 amide bonds. The van der Waals surface area contributed by atoms with E-state index in [1.807, 2.05) is 0 Å². The van der Waals surface area contributed by atoms with Crippen LogP contribution in [0.5, 0.6) is 0 Å². The molecule has 1 aromatic rings. The second-order valence-corrected chi connectivity index (χ2v) is 7.78. The van der Waals surface area contributed by atoms with Crippen molar-refractivity contribution in [2.45, 2.75) is 36.7 Å². The Bertz CT molecular complexity index is 690. The van der Waals surface area contributed by atoms with Gasteiger partial charge in [-0.05, 0) is 43.9 Å². The molecule has 24 heavy (non-hydrogen) atoms. The van der Waals surface area contributed by atoms with Crippen molar-refractivity contribution in [2.24, 2.45) is 5.14 Å². The Morgan fingerprint density at radius 1 is 1.50 bits per heavy atom. The molecule has 2 rings (SSSR count). The van der Waals surface area contributed by atoms with Crippen LogP contribution in [0.1, 0.15) is 25.7 Å². The van der Waals surface area contributed by atoms with E-state index < -0.39 is 10.0 Å². The smallest absolute Gasteiger partial charge is 0.321 e. The highest BCUT2D eigenvalue weighted by atomic mass is 35.5. The number of hydrogen-bond acceptors (Lipinski definition) is 4. The van der Waals surface area contributed by atoms with Crippen LogP contribution in [-0.2, 0) is 14.8 Å². The fourth-order valence-electron chi connectivity index (χ4n) is 2.52. The number of rotatable bonds is 6. The highest BCUT2D eigenvalue weighted by Crippen LogP contribution is 2.25. The number of ether oxygens (including phenoxy) is 1. The average Bonchev–Trinajstić information content (AvgIpc) is 3.01. The van der Waals surface area contributed by atoms with Gasteiger partial charge in [-0.3, -0.25) is 0 Å². The summed E-state index contributed by atoms with van der Waals surface area (Å²) in [7, 11) is -2.19. The number of benzene rings is 1. The molecule has 0 aliphatic carbocycles. The van der Waals surface area contributed by atoms with Gasteiger partial charge in [-0.15, -0.1) is 0 Å². The van der Waals surface area contributed by atoms with Crippen LogP contribution in [-0.4, -0.2) is 45.7 Å². The van der Waals surface area contributed by atoms with Gasteiger partial charge >= 0.3 is 6.03 Å². The number of carbonyl (C=O) groups is 1. The van der Waals surface area contributed by atoms with Crippen molar-refractivity contribution in [3.63, 3.8) is 0 Å². The molecule has 0 spiro atoms. The molecule has 3 N–H and O–H groups in total. The van der Waals surface area contributed by atoms with E-state index in [1.165, 1.54) is 23.1 Å². The molecule has 1 atom stereocenters. The lowest BCUT2D eigenvalue weighted by Crippen LogP contribution is -2.32. The third-order valence-electron chi connectivity index (χ3n) is 3.90. The van der Waals surface area contributed by atoms with Crippen LogP contribution in [0.15, 0.2) is 23.1 Å². The number of urea groups is 1. The van der Waals surface area contributed by atoms with E-state index in [-0.39, 0.29) is 21.6 Å².